The molecule has 2 heterocycles. The molecule has 23 heavy (non-hydrogen) atoms. The number of carbonyl (C=O) groups is 2. The molecule has 1 aliphatic rings. The van der Waals surface area contributed by atoms with Crippen molar-refractivity contribution in [3.8, 4) is 6.07 Å². The van der Waals surface area contributed by atoms with Crippen LogP contribution in [0.4, 0.5) is 0 Å². The predicted octanol–water partition coefficient (Wildman–Crippen LogP) is 1.75. The monoisotopic (exact) mass is 326 g/mol. The van der Waals surface area contributed by atoms with Gasteiger partial charge in [-0.15, -0.1) is 0 Å². The minimum atomic E-state index is -0.995. The van der Waals surface area contributed by atoms with Crippen LogP contribution in [0.2, 0.25) is 5.02 Å². The molecule has 3 rings (SSSR count). The van der Waals surface area contributed by atoms with E-state index in [0.29, 0.717) is 10.6 Å². The summed E-state index contributed by atoms with van der Waals surface area (Å²) in [4.78, 5) is 24.6. The maximum Gasteiger partial charge on any atom is 0.296 e. The van der Waals surface area contributed by atoms with Crippen LogP contribution in [0.3, 0.4) is 0 Å². The number of nitriles is 1. The van der Waals surface area contributed by atoms with E-state index >= 15 is 0 Å². The largest absolute Gasteiger partial charge is 0.296 e. The number of rotatable bonds is 2. The van der Waals surface area contributed by atoms with Crippen molar-refractivity contribution in [3.05, 3.63) is 65.4 Å². The second-order valence-electron chi connectivity index (χ2n) is 5.28. The summed E-state index contributed by atoms with van der Waals surface area (Å²) in [6, 6.07) is 13.7. The number of benzene rings is 1. The Bertz CT molecular complexity index is 801. The average Bonchev–Trinajstić information content (AvgIpc) is 2.55. The lowest BCUT2D eigenvalue weighted by molar-refractivity contribution is -0.713. The minimum Gasteiger partial charge on any atom is -0.289 e. The van der Waals surface area contributed by atoms with E-state index in [2.05, 4.69) is 5.32 Å². The highest BCUT2D eigenvalue weighted by molar-refractivity contribution is 6.31. The fourth-order valence-electron chi connectivity index (χ4n) is 2.93. The van der Waals surface area contributed by atoms with Crippen molar-refractivity contribution < 1.29 is 14.2 Å². The van der Waals surface area contributed by atoms with Gasteiger partial charge in [-0.3, -0.25) is 14.9 Å². The minimum absolute atomic E-state index is 0.432. The van der Waals surface area contributed by atoms with Gasteiger partial charge in [0.2, 0.25) is 11.9 Å². The van der Waals surface area contributed by atoms with Crippen LogP contribution in [0, 0.1) is 17.2 Å². The number of nitrogens with zero attached hydrogens (tertiary/aromatic N) is 2. The van der Waals surface area contributed by atoms with Gasteiger partial charge in [0.15, 0.2) is 12.4 Å². The molecule has 0 spiro atoms. The molecule has 1 saturated heterocycles. The highest BCUT2D eigenvalue weighted by Gasteiger charge is 2.50. The van der Waals surface area contributed by atoms with Crippen LogP contribution in [-0.2, 0) is 9.59 Å². The topological polar surface area (TPSA) is 73.8 Å². The Morgan fingerprint density at radius 2 is 1.74 bits per heavy atom. The van der Waals surface area contributed by atoms with E-state index in [-0.39, 0.29) is 0 Å². The summed E-state index contributed by atoms with van der Waals surface area (Å²) in [6.45, 7) is 0. The van der Waals surface area contributed by atoms with Crippen LogP contribution in [0.25, 0.3) is 0 Å². The van der Waals surface area contributed by atoms with Gasteiger partial charge in [0.1, 0.15) is 5.92 Å². The van der Waals surface area contributed by atoms with Crippen LogP contribution >= 0.6 is 11.6 Å². The summed E-state index contributed by atoms with van der Waals surface area (Å²) in [5.74, 6) is -2.68. The molecule has 5 nitrogen and oxygen atoms in total. The number of hydrogen-bond acceptors (Lipinski definition) is 3. The van der Waals surface area contributed by atoms with Gasteiger partial charge < -0.3 is 0 Å². The van der Waals surface area contributed by atoms with Crippen molar-refractivity contribution in [3.63, 3.8) is 0 Å². The highest BCUT2D eigenvalue weighted by atomic mass is 35.5. The molecular formula is C17H13ClN3O2+. The molecule has 2 aromatic rings. The number of nitrogens with one attached hydrogen (secondary N) is 1. The fourth-order valence-corrected chi connectivity index (χ4v) is 3.20. The second kappa shape index (κ2) is 6.19. The first-order chi connectivity index (χ1) is 11.1. The summed E-state index contributed by atoms with van der Waals surface area (Å²) in [6.07, 6.45) is 3.47. The fraction of sp³-hybridized carbons (Fsp3) is 0.176. The van der Waals surface area contributed by atoms with Crippen molar-refractivity contribution in [2.75, 3.05) is 0 Å². The summed E-state index contributed by atoms with van der Waals surface area (Å²) >= 11 is 6.27. The molecule has 0 aliphatic carbocycles. The van der Waals surface area contributed by atoms with Crippen molar-refractivity contribution in [2.24, 2.45) is 5.92 Å². The number of carbonyl (C=O) groups excluding carboxylic acids is 2. The van der Waals surface area contributed by atoms with Gasteiger partial charge in [-0.1, -0.05) is 35.9 Å². The van der Waals surface area contributed by atoms with Gasteiger partial charge in [0, 0.05) is 17.2 Å². The number of piperidine rings is 1. The van der Waals surface area contributed by atoms with Crippen LogP contribution in [-0.4, -0.2) is 11.8 Å². The third kappa shape index (κ3) is 2.69. The number of aromatic nitrogens is 1. The zero-order valence-electron chi connectivity index (χ0n) is 12.0. The molecule has 1 fully saturated rings. The molecule has 0 radical (unpaired) electrons. The van der Waals surface area contributed by atoms with Gasteiger partial charge in [-0.25, -0.2) is 0 Å². The Balaban J connectivity index is 2.18. The maximum atomic E-state index is 12.5. The quantitative estimate of drug-likeness (QED) is 0.675. The first kappa shape index (κ1) is 15.2. The molecule has 0 bridgehead atoms. The standard InChI is InChI=1S/C17H12ClN3O2/c18-13-7-3-2-6-11(13)14-12(10-19)16(22)20-17(23)15(14)21-8-4-1-5-9-21/h1-9,12,14-15H/p+1/t12-,14-,15-/m0/s1. The Kier molecular flexibility index (Phi) is 4.09. The van der Waals surface area contributed by atoms with Gasteiger partial charge in [-0.05, 0) is 11.6 Å². The molecule has 2 amide bonds. The number of hydrogen-bond donors (Lipinski definition) is 1. The molecule has 0 saturated carbocycles. The molecule has 6 heteroatoms. The van der Waals surface area contributed by atoms with E-state index in [1.54, 1.807) is 53.4 Å². The molecule has 1 N–H and O–H groups in total. The zero-order chi connectivity index (χ0) is 16.4. The SMILES string of the molecule is N#C[C@@H]1C(=O)NC(=O)[C@@H]([n+]2ccccc2)[C@H]1c1ccccc1Cl. The van der Waals surface area contributed by atoms with Gasteiger partial charge in [0.05, 0.1) is 12.0 Å². The Labute approximate surface area is 138 Å². The zero-order valence-corrected chi connectivity index (χ0v) is 12.8. The molecule has 1 aromatic heterocycles. The number of imide groups is 1. The normalized spacial score (nSPS) is 23.9. The smallest absolute Gasteiger partial charge is 0.289 e. The van der Waals surface area contributed by atoms with Gasteiger partial charge >= 0.3 is 0 Å². The lowest BCUT2D eigenvalue weighted by Gasteiger charge is -2.30. The van der Waals surface area contributed by atoms with E-state index in [1.807, 2.05) is 12.1 Å². The Morgan fingerprint density at radius 3 is 2.39 bits per heavy atom. The van der Waals surface area contributed by atoms with Crippen LogP contribution in [0.1, 0.15) is 17.5 Å². The van der Waals surface area contributed by atoms with E-state index in [4.69, 9.17) is 11.6 Å². The third-order valence-electron chi connectivity index (χ3n) is 3.96. The first-order valence-electron chi connectivity index (χ1n) is 7.08. The van der Waals surface area contributed by atoms with Crippen LogP contribution in [0.5, 0.6) is 0 Å². The predicted molar refractivity (Wildman–Crippen MR) is 82.1 cm³/mol. The van der Waals surface area contributed by atoms with Gasteiger partial charge in [-0.2, -0.15) is 9.83 Å². The van der Waals surface area contributed by atoms with Crippen LogP contribution < -0.4 is 9.88 Å². The first-order valence-corrected chi connectivity index (χ1v) is 7.46. The van der Waals surface area contributed by atoms with Crippen molar-refractivity contribution in [1.29, 1.82) is 5.26 Å². The van der Waals surface area contributed by atoms with Crippen molar-refractivity contribution >= 4 is 23.4 Å². The molecule has 0 unspecified atom stereocenters. The molecule has 114 valence electrons. The van der Waals surface area contributed by atoms with Crippen LogP contribution in [0.15, 0.2) is 54.9 Å². The van der Waals surface area contributed by atoms with E-state index in [0.717, 1.165) is 0 Å². The summed E-state index contributed by atoms with van der Waals surface area (Å²) in [5, 5.41) is 12.2. The molecule has 1 aromatic carbocycles. The molecule has 3 atom stereocenters. The number of halogens is 1. The lowest BCUT2D eigenvalue weighted by atomic mass is 9.77. The summed E-state index contributed by atoms with van der Waals surface area (Å²) in [5.41, 5.74) is 0.616. The van der Waals surface area contributed by atoms with Gasteiger partial charge in [0.25, 0.3) is 5.91 Å². The highest BCUT2D eigenvalue weighted by Crippen LogP contribution is 2.39. The summed E-state index contributed by atoms with van der Waals surface area (Å²) in [7, 11) is 0. The maximum absolute atomic E-state index is 12.5. The second-order valence-corrected chi connectivity index (χ2v) is 5.68. The van der Waals surface area contributed by atoms with E-state index < -0.39 is 29.7 Å². The summed E-state index contributed by atoms with van der Waals surface area (Å²) < 4.78 is 1.69. The average molecular weight is 327 g/mol. The number of pyridine rings is 1. The van der Waals surface area contributed by atoms with E-state index in [9.17, 15) is 14.9 Å². The third-order valence-corrected chi connectivity index (χ3v) is 4.30. The number of amides is 2. The van der Waals surface area contributed by atoms with Crippen molar-refractivity contribution in [1.82, 2.24) is 5.32 Å². The molecule has 1 aliphatic heterocycles. The Hall–Kier alpha value is -2.71. The lowest BCUT2D eigenvalue weighted by Crippen LogP contribution is -2.59. The molecular weight excluding hydrogens is 314 g/mol. The van der Waals surface area contributed by atoms with E-state index in [1.165, 1.54) is 0 Å². The Morgan fingerprint density at radius 1 is 1.04 bits per heavy atom. The van der Waals surface area contributed by atoms with Crippen molar-refractivity contribution in [2.45, 2.75) is 12.0 Å².